The topological polar surface area (TPSA) is 43.4 Å². The van der Waals surface area contributed by atoms with Crippen LogP contribution in [0.1, 0.15) is 29.7 Å². The lowest BCUT2D eigenvalue weighted by atomic mass is 9.94. The van der Waals surface area contributed by atoms with Gasteiger partial charge in [0.05, 0.1) is 6.04 Å². The van der Waals surface area contributed by atoms with Crippen molar-refractivity contribution >= 4 is 0 Å². The van der Waals surface area contributed by atoms with E-state index in [0.29, 0.717) is 13.2 Å². The highest BCUT2D eigenvalue weighted by Crippen LogP contribution is 2.34. The summed E-state index contributed by atoms with van der Waals surface area (Å²) in [6.45, 7) is 3.37. The highest BCUT2D eigenvalue weighted by atomic mass is 16.6. The monoisotopic (exact) mass is 284 g/mol. The van der Waals surface area contributed by atoms with Crippen LogP contribution in [0, 0.1) is 0 Å². The summed E-state index contributed by atoms with van der Waals surface area (Å²) in [7, 11) is 1.97. The molecule has 0 saturated heterocycles. The fraction of sp³-hybridized carbons (Fsp3) is 0.353. The fourth-order valence-electron chi connectivity index (χ4n) is 2.76. The second-order valence-corrected chi connectivity index (χ2v) is 5.05. The number of rotatable bonds is 4. The molecule has 1 aromatic heterocycles. The Labute approximate surface area is 125 Å². The van der Waals surface area contributed by atoms with Gasteiger partial charge < -0.3 is 14.8 Å². The van der Waals surface area contributed by atoms with Gasteiger partial charge >= 0.3 is 0 Å². The average Bonchev–Trinajstić information content (AvgIpc) is 2.56. The Bertz CT molecular complexity index is 628. The third kappa shape index (κ3) is 2.72. The third-order valence-electron chi connectivity index (χ3n) is 3.82. The molecule has 4 nitrogen and oxygen atoms in total. The second-order valence-electron chi connectivity index (χ2n) is 5.05. The molecule has 1 unspecified atom stereocenters. The number of nitrogens with one attached hydrogen (secondary N) is 1. The minimum atomic E-state index is 0.124. The molecule has 0 aliphatic carbocycles. The van der Waals surface area contributed by atoms with Crippen LogP contribution in [0.15, 0.2) is 36.7 Å². The zero-order valence-corrected chi connectivity index (χ0v) is 12.4. The molecule has 0 spiro atoms. The second kappa shape index (κ2) is 6.14. The Kier molecular flexibility index (Phi) is 4.06. The van der Waals surface area contributed by atoms with E-state index in [9.17, 15) is 0 Å². The zero-order chi connectivity index (χ0) is 14.7. The van der Waals surface area contributed by atoms with Gasteiger partial charge in [0.1, 0.15) is 13.2 Å². The molecule has 3 rings (SSSR count). The van der Waals surface area contributed by atoms with Crippen molar-refractivity contribution in [2.45, 2.75) is 19.4 Å². The Morgan fingerprint density at radius 1 is 1.19 bits per heavy atom. The van der Waals surface area contributed by atoms with E-state index in [1.165, 1.54) is 16.7 Å². The SMILES string of the molecule is CCc1cnccc1C(NC)c1ccc2c(c1)OCCO2. The Morgan fingerprint density at radius 3 is 2.76 bits per heavy atom. The van der Waals surface area contributed by atoms with Crippen LogP contribution in [0.25, 0.3) is 0 Å². The number of fused-ring (bicyclic) bond motifs is 1. The van der Waals surface area contributed by atoms with Crippen LogP contribution in [-0.4, -0.2) is 25.2 Å². The van der Waals surface area contributed by atoms with E-state index in [4.69, 9.17) is 9.47 Å². The van der Waals surface area contributed by atoms with Crippen molar-refractivity contribution in [1.29, 1.82) is 0 Å². The number of nitrogens with zero attached hydrogens (tertiary/aromatic N) is 1. The van der Waals surface area contributed by atoms with E-state index in [0.717, 1.165) is 17.9 Å². The van der Waals surface area contributed by atoms with Gasteiger partial charge in [-0.2, -0.15) is 0 Å². The molecule has 110 valence electrons. The average molecular weight is 284 g/mol. The summed E-state index contributed by atoms with van der Waals surface area (Å²) in [5.41, 5.74) is 3.68. The van der Waals surface area contributed by atoms with Gasteiger partial charge in [0.25, 0.3) is 0 Å². The maximum absolute atomic E-state index is 5.69. The largest absolute Gasteiger partial charge is 0.486 e. The summed E-state index contributed by atoms with van der Waals surface area (Å²) in [5, 5.41) is 3.39. The van der Waals surface area contributed by atoms with Gasteiger partial charge in [0, 0.05) is 12.4 Å². The molecule has 0 amide bonds. The molecule has 2 heterocycles. The number of pyridine rings is 1. The van der Waals surface area contributed by atoms with Crippen molar-refractivity contribution in [1.82, 2.24) is 10.3 Å². The van der Waals surface area contributed by atoms with Crippen LogP contribution >= 0.6 is 0 Å². The number of hydrogen-bond donors (Lipinski definition) is 1. The van der Waals surface area contributed by atoms with Crippen molar-refractivity contribution in [3.8, 4) is 11.5 Å². The van der Waals surface area contributed by atoms with Gasteiger partial charge in [-0.3, -0.25) is 4.98 Å². The normalized spacial score (nSPS) is 14.8. The van der Waals surface area contributed by atoms with Gasteiger partial charge in [-0.15, -0.1) is 0 Å². The van der Waals surface area contributed by atoms with Crippen LogP contribution in [0.3, 0.4) is 0 Å². The first-order valence-electron chi connectivity index (χ1n) is 7.33. The van der Waals surface area contributed by atoms with Crippen LogP contribution < -0.4 is 14.8 Å². The van der Waals surface area contributed by atoms with Crippen LogP contribution in [-0.2, 0) is 6.42 Å². The lowest BCUT2D eigenvalue weighted by molar-refractivity contribution is 0.171. The first-order valence-corrected chi connectivity index (χ1v) is 7.33. The summed E-state index contributed by atoms with van der Waals surface area (Å²) >= 11 is 0. The molecule has 2 aromatic rings. The molecular weight excluding hydrogens is 264 g/mol. The van der Waals surface area contributed by atoms with E-state index in [2.05, 4.69) is 35.4 Å². The Hall–Kier alpha value is -2.07. The molecule has 4 heteroatoms. The van der Waals surface area contributed by atoms with Gasteiger partial charge in [0.2, 0.25) is 0 Å². The Balaban J connectivity index is 2.00. The van der Waals surface area contributed by atoms with Gasteiger partial charge in [-0.25, -0.2) is 0 Å². The fourth-order valence-corrected chi connectivity index (χ4v) is 2.76. The number of aryl methyl sites for hydroxylation is 1. The molecule has 0 bridgehead atoms. The highest BCUT2D eigenvalue weighted by Gasteiger charge is 2.19. The van der Waals surface area contributed by atoms with E-state index >= 15 is 0 Å². The van der Waals surface area contributed by atoms with Crippen LogP contribution in [0.2, 0.25) is 0 Å². The summed E-state index contributed by atoms with van der Waals surface area (Å²) in [6, 6.07) is 8.35. The number of hydrogen-bond acceptors (Lipinski definition) is 4. The molecule has 1 atom stereocenters. The third-order valence-corrected chi connectivity index (χ3v) is 3.82. The molecule has 1 aliphatic rings. The van der Waals surface area contributed by atoms with Gasteiger partial charge in [-0.1, -0.05) is 13.0 Å². The number of ether oxygens (including phenoxy) is 2. The molecule has 0 saturated carbocycles. The highest BCUT2D eigenvalue weighted by molar-refractivity contribution is 5.47. The van der Waals surface area contributed by atoms with Crippen molar-refractivity contribution in [3.05, 3.63) is 53.3 Å². The lowest BCUT2D eigenvalue weighted by Gasteiger charge is -2.23. The summed E-state index contributed by atoms with van der Waals surface area (Å²) in [5.74, 6) is 1.65. The van der Waals surface area contributed by atoms with E-state index in [1.807, 2.05) is 25.5 Å². The predicted molar refractivity (Wildman–Crippen MR) is 81.9 cm³/mol. The number of benzene rings is 1. The molecule has 0 radical (unpaired) electrons. The summed E-state index contributed by atoms with van der Waals surface area (Å²) in [6.07, 6.45) is 4.75. The van der Waals surface area contributed by atoms with Gasteiger partial charge in [0.15, 0.2) is 11.5 Å². The first kappa shape index (κ1) is 13.9. The van der Waals surface area contributed by atoms with Crippen molar-refractivity contribution in [2.24, 2.45) is 0 Å². The quantitative estimate of drug-likeness (QED) is 0.937. The smallest absolute Gasteiger partial charge is 0.161 e. The van der Waals surface area contributed by atoms with Crippen molar-refractivity contribution in [2.75, 3.05) is 20.3 Å². The van der Waals surface area contributed by atoms with Crippen molar-refractivity contribution < 1.29 is 9.47 Å². The zero-order valence-electron chi connectivity index (χ0n) is 12.4. The molecule has 21 heavy (non-hydrogen) atoms. The maximum Gasteiger partial charge on any atom is 0.161 e. The minimum absolute atomic E-state index is 0.124. The van der Waals surface area contributed by atoms with Crippen LogP contribution in [0.4, 0.5) is 0 Å². The minimum Gasteiger partial charge on any atom is -0.486 e. The summed E-state index contributed by atoms with van der Waals surface area (Å²) in [4.78, 5) is 4.22. The van der Waals surface area contributed by atoms with Crippen LogP contribution in [0.5, 0.6) is 11.5 Å². The summed E-state index contributed by atoms with van der Waals surface area (Å²) < 4.78 is 11.3. The van der Waals surface area contributed by atoms with E-state index in [-0.39, 0.29) is 6.04 Å². The molecular formula is C17H20N2O2. The Morgan fingerprint density at radius 2 is 2.00 bits per heavy atom. The molecule has 0 fully saturated rings. The van der Waals surface area contributed by atoms with E-state index in [1.54, 1.807) is 0 Å². The maximum atomic E-state index is 5.69. The molecule has 1 N–H and O–H groups in total. The standard InChI is InChI=1S/C17H20N2O2/c1-3-12-11-19-7-6-14(12)17(18-2)13-4-5-15-16(10-13)21-9-8-20-15/h4-7,10-11,17-18H,3,8-9H2,1-2H3. The van der Waals surface area contributed by atoms with E-state index < -0.39 is 0 Å². The predicted octanol–water partition coefficient (Wildman–Crippen LogP) is 2.72. The van der Waals surface area contributed by atoms with Crippen molar-refractivity contribution in [3.63, 3.8) is 0 Å². The molecule has 1 aliphatic heterocycles. The lowest BCUT2D eigenvalue weighted by Crippen LogP contribution is -2.20. The number of aromatic nitrogens is 1. The van der Waals surface area contributed by atoms with Gasteiger partial charge in [-0.05, 0) is 48.4 Å². The first-order chi connectivity index (χ1) is 10.3. The molecule has 1 aromatic carbocycles.